The summed E-state index contributed by atoms with van der Waals surface area (Å²) < 4.78 is 5.67. The molecule has 7 heteroatoms. The van der Waals surface area contributed by atoms with Crippen molar-refractivity contribution in [2.45, 2.75) is 6.04 Å². The molecule has 22 heavy (non-hydrogen) atoms. The number of rotatable bonds is 4. The van der Waals surface area contributed by atoms with E-state index in [1.807, 2.05) is 18.2 Å². The van der Waals surface area contributed by atoms with Crippen molar-refractivity contribution in [3.05, 3.63) is 29.3 Å². The quantitative estimate of drug-likeness (QED) is 0.784. The lowest BCUT2D eigenvalue weighted by molar-refractivity contribution is -0.128. The van der Waals surface area contributed by atoms with Gasteiger partial charge in [0, 0.05) is 33.2 Å². The maximum absolute atomic E-state index is 12.0. The highest BCUT2D eigenvalue weighted by Gasteiger charge is 2.45. The first-order valence-corrected chi connectivity index (χ1v) is 7.63. The molecule has 0 saturated carbocycles. The third-order valence-corrected chi connectivity index (χ3v) is 4.43. The lowest BCUT2D eigenvalue weighted by Crippen LogP contribution is -2.53. The minimum Gasteiger partial charge on any atom is -0.491 e. The van der Waals surface area contributed by atoms with Crippen LogP contribution >= 0.6 is 11.6 Å². The Morgan fingerprint density at radius 2 is 2.05 bits per heavy atom. The van der Waals surface area contributed by atoms with Crippen molar-refractivity contribution in [2.75, 3.05) is 39.8 Å². The molecule has 1 aromatic carbocycles. The van der Waals surface area contributed by atoms with Gasteiger partial charge in [0.05, 0.1) is 5.02 Å². The molecule has 1 aromatic rings. The number of urea groups is 1. The van der Waals surface area contributed by atoms with Crippen LogP contribution in [0.1, 0.15) is 0 Å². The Bertz CT molecular complexity index is 595. The average Bonchev–Trinajstić information content (AvgIpc) is 2.74. The van der Waals surface area contributed by atoms with Crippen molar-refractivity contribution in [2.24, 2.45) is 0 Å². The fraction of sp³-hybridized carbons (Fsp3) is 0.467. The molecule has 0 radical (unpaired) electrons. The number of ether oxygens (including phenoxy) is 1. The first-order chi connectivity index (χ1) is 10.6. The molecule has 0 spiro atoms. The molecule has 118 valence electrons. The summed E-state index contributed by atoms with van der Waals surface area (Å²) in [5, 5.41) is 0.588. The summed E-state index contributed by atoms with van der Waals surface area (Å²) in [7, 11) is 1.54. The summed E-state index contributed by atoms with van der Waals surface area (Å²) >= 11 is 6.04. The van der Waals surface area contributed by atoms with E-state index in [4.69, 9.17) is 16.3 Å². The van der Waals surface area contributed by atoms with Crippen LogP contribution in [0.4, 0.5) is 4.79 Å². The summed E-state index contributed by atoms with van der Waals surface area (Å²) in [6, 6.07) is 6.79. The molecular weight excluding hydrogens is 306 g/mol. The van der Waals surface area contributed by atoms with Crippen LogP contribution in [-0.2, 0) is 4.79 Å². The number of likely N-dealkylation sites (N-methyl/N-ethyl adjacent to an activating group) is 1. The van der Waals surface area contributed by atoms with Gasteiger partial charge in [0.25, 0.3) is 5.91 Å². The number of imide groups is 1. The number of hydrogen-bond donors (Lipinski definition) is 0. The van der Waals surface area contributed by atoms with Gasteiger partial charge in [-0.05, 0) is 12.1 Å². The van der Waals surface area contributed by atoms with Crippen molar-refractivity contribution in [1.82, 2.24) is 14.7 Å². The number of nitrogens with zero attached hydrogens (tertiary/aromatic N) is 3. The zero-order valence-electron chi connectivity index (χ0n) is 12.4. The van der Waals surface area contributed by atoms with Gasteiger partial charge in [0.2, 0.25) is 0 Å². The van der Waals surface area contributed by atoms with E-state index < -0.39 is 0 Å². The predicted octanol–water partition coefficient (Wildman–Crippen LogP) is 1.30. The van der Waals surface area contributed by atoms with Gasteiger partial charge in [-0.3, -0.25) is 14.6 Å². The van der Waals surface area contributed by atoms with Gasteiger partial charge < -0.3 is 9.64 Å². The standard InChI is InChI=1S/C15H18ClN3O3/c1-17-14(20)12-10-18(6-7-19(12)15(17)21)8-9-22-13-5-3-2-4-11(13)16/h2-5,12H,6-10H2,1H3. The zero-order valence-corrected chi connectivity index (χ0v) is 13.1. The van der Waals surface area contributed by atoms with Gasteiger partial charge in [0.15, 0.2) is 0 Å². The fourth-order valence-corrected chi connectivity index (χ4v) is 3.03. The Hall–Kier alpha value is -1.79. The first-order valence-electron chi connectivity index (χ1n) is 7.26. The summed E-state index contributed by atoms with van der Waals surface area (Å²) in [5.41, 5.74) is 0. The van der Waals surface area contributed by atoms with Crippen LogP contribution in [0, 0.1) is 0 Å². The van der Waals surface area contributed by atoms with E-state index in [0.717, 1.165) is 6.54 Å². The topological polar surface area (TPSA) is 53.1 Å². The SMILES string of the molecule is CN1C(=O)C2CN(CCOc3ccccc3Cl)CCN2C1=O. The highest BCUT2D eigenvalue weighted by Crippen LogP contribution is 2.23. The van der Waals surface area contributed by atoms with Crippen molar-refractivity contribution in [3.63, 3.8) is 0 Å². The molecule has 0 N–H and O–H groups in total. The Morgan fingerprint density at radius 1 is 1.27 bits per heavy atom. The number of halogens is 1. The molecule has 2 aliphatic rings. The maximum atomic E-state index is 12.0. The van der Waals surface area contributed by atoms with Crippen LogP contribution in [0.15, 0.2) is 24.3 Å². The number of benzene rings is 1. The third-order valence-electron chi connectivity index (χ3n) is 4.11. The van der Waals surface area contributed by atoms with E-state index in [9.17, 15) is 9.59 Å². The lowest BCUT2D eigenvalue weighted by atomic mass is 10.2. The molecular formula is C15H18ClN3O3. The van der Waals surface area contributed by atoms with Crippen molar-refractivity contribution >= 4 is 23.5 Å². The van der Waals surface area contributed by atoms with Gasteiger partial charge in [-0.15, -0.1) is 0 Å². The Kier molecular flexibility index (Phi) is 4.22. The van der Waals surface area contributed by atoms with E-state index in [-0.39, 0.29) is 18.0 Å². The Labute approximate surface area is 134 Å². The number of hydrogen-bond acceptors (Lipinski definition) is 4. The number of carbonyl (C=O) groups is 2. The van der Waals surface area contributed by atoms with Crippen LogP contribution in [-0.4, -0.2) is 72.5 Å². The second kappa shape index (κ2) is 6.14. The summed E-state index contributed by atoms with van der Waals surface area (Å²) in [6.45, 7) is 3.07. The molecule has 3 rings (SSSR count). The van der Waals surface area contributed by atoms with E-state index in [1.54, 1.807) is 11.0 Å². The minimum absolute atomic E-state index is 0.123. The fourth-order valence-electron chi connectivity index (χ4n) is 2.84. The molecule has 2 saturated heterocycles. The van der Waals surface area contributed by atoms with Gasteiger partial charge in [-0.1, -0.05) is 23.7 Å². The van der Waals surface area contributed by atoms with Crippen LogP contribution in [0.3, 0.4) is 0 Å². The number of para-hydroxylation sites is 1. The number of carbonyl (C=O) groups excluding carboxylic acids is 2. The van der Waals surface area contributed by atoms with Gasteiger partial charge in [-0.25, -0.2) is 4.79 Å². The molecule has 0 aromatic heterocycles. The third kappa shape index (κ3) is 2.76. The van der Waals surface area contributed by atoms with Crippen LogP contribution < -0.4 is 4.74 Å². The van der Waals surface area contributed by atoms with Crippen LogP contribution in [0.2, 0.25) is 5.02 Å². The first kappa shape index (κ1) is 15.1. The molecule has 2 fully saturated rings. The Balaban J connectivity index is 1.52. The zero-order chi connectivity index (χ0) is 15.7. The highest BCUT2D eigenvalue weighted by molar-refractivity contribution is 6.32. The lowest BCUT2D eigenvalue weighted by Gasteiger charge is -2.35. The largest absolute Gasteiger partial charge is 0.491 e. The Morgan fingerprint density at radius 3 is 2.82 bits per heavy atom. The van der Waals surface area contributed by atoms with Crippen LogP contribution in [0.25, 0.3) is 0 Å². The van der Waals surface area contributed by atoms with E-state index >= 15 is 0 Å². The van der Waals surface area contributed by atoms with Crippen molar-refractivity contribution < 1.29 is 14.3 Å². The highest BCUT2D eigenvalue weighted by atomic mass is 35.5. The normalized spacial score (nSPS) is 22.2. The molecule has 3 amide bonds. The van der Waals surface area contributed by atoms with E-state index in [2.05, 4.69) is 4.90 Å². The second-order valence-electron chi connectivity index (χ2n) is 5.47. The predicted molar refractivity (Wildman–Crippen MR) is 82.0 cm³/mol. The average molecular weight is 324 g/mol. The van der Waals surface area contributed by atoms with Crippen molar-refractivity contribution in [1.29, 1.82) is 0 Å². The molecule has 2 heterocycles. The molecule has 1 atom stereocenters. The monoisotopic (exact) mass is 323 g/mol. The maximum Gasteiger partial charge on any atom is 0.327 e. The van der Waals surface area contributed by atoms with Crippen molar-refractivity contribution in [3.8, 4) is 5.75 Å². The number of amides is 3. The summed E-state index contributed by atoms with van der Waals surface area (Å²) in [4.78, 5) is 28.9. The molecule has 6 nitrogen and oxygen atoms in total. The number of piperazine rings is 1. The van der Waals surface area contributed by atoms with Crippen LogP contribution in [0.5, 0.6) is 5.75 Å². The van der Waals surface area contributed by atoms with Gasteiger partial charge in [0.1, 0.15) is 18.4 Å². The molecule has 1 unspecified atom stereocenters. The van der Waals surface area contributed by atoms with E-state index in [1.165, 1.54) is 11.9 Å². The molecule has 0 aliphatic carbocycles. The van der Waals surface area contributed by atoms with Gasteiger partial charge in [-0.2, -0.15) is 0 Å². The smallest absolute Gasteiger partial charge is 0.327 e. The molecule has 0 bridgehead atoms. The molecule has 2 aliphatic heterocycles. The number of fused-ring (bicyclic) bond motifs is 1. The minimum atomic E-state index is -0.355. The summed E-state index contributed by atoms with van der Waals surface area (Å²) in [6.07, 6.45) is 0. The van der Waals surface area contributed by atoms with E-state index in [0.29, 0.717) is 37.0 Å². The summed E-state index contributed by atoms with van der Waals surface area (Å²) in [5.74, 6) is 0.538. The van der Waals surface area contributed by atoms with Gasteiger partial charge >= 0.3 is 6.03 Å². The second-order valence-corrected chi connectivity index (χ2v) is 5.88.